The van der Waals surface area contributed by atoms with Crippen LogP contribution < -0.4 is 5.32 Å². The molecular weight excluding hydrogens is 306 g/mol. The Morgan fingerprint density at radius 2 is 2.15 bits per heavy atom. The van der Waals surface area contributed by atoms with Crippen LogP contribution >= 0.6 is 22.9 Å². The lowest BCUT2D eigenvalue weighted by Gasteiger charge is -2.13. The molecule has 1 unspecified atom stereocenters. The first-order valence-electron chi connectivity index (χ1n) is 5.70. The second-order valence-corrected chi connectivity index (χ2v) is 5.30. The van der Waals surface area contributed by atoms with Gasteiger partial charge in [-0.3, -0.25) is 9.59 Å². The van der Waals surface area contributed by atoms with Gasteiger partial charge in [0.2, 0.25) is 0 Å². The van der Waals surface area contributed by atoms with Gasteiger partial charge in [-0.1, -0.05) is 11.6 Å². The molecule has 1 aromatic rings. The molecule has 0 aliphatic carbocycles. The molecule has 0 spiro atoms. The molecule has 0 saturated heterocycles. The number of hydrogen-bond donors (Lipinski definition) is 2. The van der Waals surface area contributed by atoms with E-state index in [4.69, 9.17) is 16.7 Å². The summed E-state index contributed by atoms with van der Waals surface area (Å²) in [6, 6.07) is -1.17. The topological polar surface area (TPSA) is 92.7 Å². The number of halogens is 1. The van der Waals surface area contributed by atoms with Crippen LogP contribution in [0.15, 0.2) is 5.38 Å². The molecule has 1 aromatic heterocycles. The maximum Gasteiger partial charge on any atom is 0.326 e. The maximum absolute atomic E-state index is 11.9. The minimum atomic E-state index is -1.22. The Bertz CT molecular complexity index is 528. The number of carboxylic acids is 1. The fraction of sp³-hybridized carbons (Fsp3) is 0.417. The van der Waals surface area contributed by atoms with E-state index in [0.717, 1.165) is 16.9 Å². The van der Waals surface area contributed by atoms with Gasteiger partial charge in [-0.05, 0) is 24.3 Å². The van der Waals surface area contributed by atoms with Crippen LogP contribution in [-0.2, 0) is 14.3 Å². The average Bonchev–Trinajstić information content (AvgIpc) is 2.74. The predicted octanol–water partition coefficient (Wildman–Crippen LogP) is 1.85. The van der Waals surface area contributed by atoms with Crippen LogP contribution in [0, 0.1) is 6.92 Å². The number of hydrogen-bond acceptors (Lipinski definition) is 5. The number of amides is 1. The molecule has 1 rings (SSSR count). The molecule has 1 heterocycles. The van der Waals surface area contributed by atoms with Crippen LogP contribution in [0.4, 0.5) is 0 Å². The van der Waals surface area contributed by atoms with Crippen molar-refractivity contribution in [3.63, 3.8) is 0 Å². The van der Waals surface area contributed by atoms with Crippen molar-refractivity contribution in [3.8, 4) is 0 Å². The normalized spacial score (nSPS) is 11.8. The Morgan fingerprint density at radius 3 is 2.60 bits per heavy atom. The highest BCUT2D eigenvalue weighted by molar-refractivity contribution is 7.13. The Labute approximate surface area is 124 Å². The summed E-state index contributed by atoms with van der Waals surface area (Å²) in [6.45, 7) is 1.75. The van der Waals surface area contributed by atoms with E-state index in [1.54, 1.807) is 12.3 Å². The number of ether oxygens (including phenoxy) is 1. The van der Waals surface area contributed by atoms with Crippen molar-refractivity contribution >= 4 is 40.8 Å². The minimum absolute atomic E-state index is 0.0459. The molecule has 0 bridgehead atoms. The van der Waals surface area contributed by atoms with Gasteiger partial charge < -0.3 is 15.2 Å². The number of carbonyl (C=O) groups is 3. The quantitative estimate of drug-likeness (QED) is 0.780. The SMILES string of the molecule is COC(=O)CCC(NC(=O)c1scc(C)c1Cl)C(=O)O. The van der Waals surface area contributed by atoms with Crippen molar-refractivity contribution in [2.24, 2.45) is 0 Å². The summed E-state index contributed by atoms with van der Waals surface area (Å²) in [5, 5.41) is 13.4. The lowest BCUT2D eigenvalue weighted by Crippen LogP contribution is -2.41. The number of aryl methyl sites for hydroxylation is 1. The Morgan fingerprint density at radius 1 is 1.50 bits per heavy atom. The van der Waals surface area contributed by atoms with Crippen LogP contribution in [0.5, 0.6) is 0 Å². The van der Waals surface area contributed by atoms with Crippen LogP contribution in [0.25, 0.3) is 0 Å². The summed E-state index contributed by atoms with van der Waals surface area (Å²) in [7, 11) is 1.21. The molecular formula is C12H14ClNO5S. The van der Waals surface area contributed by atoms with Gasteiger partial charge in [0.1, 0.15) is 10.9 Å². The molecule has 0 aliphatic rings. The van der Waals surface area contributed by atoms with Crippen molar-refractivity contribution < 1.29 is 24.2 Å². The zero-order valence-corrected chi connectivity index (χ0v) is 12.5. The number of carboxylic acid groups (broad SMARTS) is 1. The Hall–Kier alpha value is -1.60. The summed E-state index contributed by atoms with van der Waals surface area (Å²) >= 11 is 7.08. The zero-order chi connectivity index (χ0) is 15.3. The molecule has 0 saturated carbocycles. The third-order valence-corrected chi connectivity index (χ3v) is 4.27. The molecule has 0 radical (unpaired) electrons. The summed E-state index contributed by atoms with van der Waals surface area (Å²) in [6.07, 6.45) is -0.138. The van der Waals surface area contributed by atoms with Gasteiger partial charge in [0.05, 0.1) is 12.1 Å². The molecule has 1 atom stereocenters. The van der Waals surface area contributed by atoms with Crippen molar-refractivity contribution in [3.05, 3.63) is 20.8 Å². The van der Waals surface area contributed by atoms with Crippen LogP contribution in [0.3, 0.4) is 0 Å². The molecule has 0 aromatic carbocycles. The average molecular weight is 320 g/mol. The van der Waals surface area contributed by atoms with Crippen molar-refractivity contribution in [2.75, 3.05) is 7.11 Å². The number of rotatable bonds is 6. The molecule has 110 valence electrons. The summed E-state index contributed by atoms with van der Waals surface area (Å²) in [5.41, 5.74) is 0.753. The standard InChI is InChI=1S/C12H14ClNO5S/c1-6-5-20-10(9(6)13)11(16)14-7(12(17)18)3-4-8(15)19-2/h5,7H,3-4H2,1-2H3,(H,14,16)(H,17,18). The Kier molecular flexibility index (Phi) is 5.97. The molecule has 0 fully saturated rings. The first-order valence-corrected chi connectivity index (χ1v) is 6.96. The fourth-order valence-corrected chi connectivity index (χ4v) is 2.61. The maximum atomic E-state index is 11.9. The highest BCUT2D eigenvalue weighted by Crippen LogP contribution is 2.27. The molecule has 6 nitrogen and oxygen atoms in total. The van der Waals surface area contributed by atoms with Gasteiger partial charge in [-0.15, -0.1) is 11.3 Å². The first-order chi connectivity index (χ1) is 9.36. The van der Waals surface area contributed by atoms with Gasteiger partial charge in [0.15, 0.2) is 0 Å². The van der Waals surface area contributed by atoms with Gasteiger partial charge in [0, 0.05) is 6.42 Å². The van der Waals surface area contributed by atoms with E-state index in [-0.39, 0.29) is 17.7 Å². The number of aliphatic carboxylic acids is 1. The predicted molar refractivity (Wildman–Crippen MR) is 74.2 cm³/mol. The second-order valence-electron chi connectivity index (χ2n) is 4.04. The van der Waals surface area contributed by atoms with Crippen molar-refractivity contribution in [1.29, 1.82) is 0 Å². The highest BCUT2D eigenvalue weighted by atomic mass is 35.5. The van der Waals surface area contributed by atoms with Crippen LogP contribution in [0.2, 0.25) is 5.02 Å². The number of esters is 1. The summed E-state index contributed by atoms with van der Waals surface area (Å²) in [5.74, 6) is -2.31. The highest BCUT2D eigenvalue weighted by Gasteiger charge is 2.24. The van der Waals surface area contributed by atoms with Crippen molar-refractivity contribution in [2.45, 2.75) is 25.8 Å². The van der Waals surface area contributed by atoms with E-state index in [9.17, 15) is 14.4 Å². The minimum Gasteiger partial charge on any atom is -0.480 e. The zero-order valence-electron chi connectivity index (χ0n) is 10.9. The van der Waals surface area contributed by atoms with E-state index in [2.05, 4.69) is 10.1 Å². The molecule has 8 heteroatoms. The van der Waals surface area contributed by atoms with Gasteiger partial charge in [-0.2, -0.15) is 0 Å². The van der Waals surface area contributed by atoms with E-state index in [0.29, 0.717) is 5.02 Å². The first kappa shape index (κ1) is 16.5. The smallest absolute Gasteiger partial charge is 0.326 e. The van der Waals surface area contributed by atoms with Crippen LogP contribution in [-0.4, -0.2) is 36.1 Å². The van der Waals surface area contributed by atoms with E-state index < -0.39 is 23.9 Å². The summed E-state index contributed by atoms with van der Waals surface area (Å²) < 4.78 is 4.43. The lowest BCUT2D eigenvalue weighted by atomic mass is 10.1. The largest absolute Gasteiger partial charge is 0.480 e. The van der Waals surface area contributed by atoms with E-state index in [1.165, 1.54) is 7.11 Å². The fourth-order valence-electron chi connectivity index (χ4n) is 1.43. The third-order valence-electron chi connectivity index (χ3n) is 2.57. The van der Waals surface area contributed by atoms with Crippen molar-refractivity contribution in [1.82, 2.24) is 5.32 Å². The number of thiophene rings is 1. The molecule has 20 heavy (non-hydrogen) atoms. The van der Waals surface area contributed by atoms with Gasteiger partial charge >= 0.3 is 11.9 Å². The van der Waals surface area contributed by atoms with E-state index in [1.807, 2.05) is 0 Å². The Balaban J connectivity index is 2.71. The van der Waals surface area contributed by atoms with Gasteiger partial charge in [-0.25, -0.2) is 4.79 Å². The summed E-state index contributed by atoms with van der Waals surface area (Å²) in [4.78, 5) is 34.3. The number of methoxy groups -OCH3 is 1. The monoisotopic (exact) mass is 319 g/mol. The lowest BCUT2D eigenvalue weighted by molar-refractivity contribution is -0.142. The van der Waals surface area contributed by atoms with E-state index >= 15 is 0 Å². The number of nitrogens with one attached hydrogen (secondary N) is 1. The molecule has 1 amide bonds. The van der Waals surface area contributed by atoms with Crippen LogP contribution in [0.1, 0.15) is 28.1 Å². The third kappa shape index (κ3) is 4.21. The van der Waals surface area contributed by atoms with Gasteiger partial charge in [0.25, 0.3) is 5.91 Å². The molecule has 0 aliphatic heterocycles. The molecule has 2 N–H and O–H groups in total. The number of carbonyl (C=O) groups excluding carboxylic acids is 2. The second kappa shape index (κ2) is 7.25.